The second-order valence-corrected chi connectivity index (χ2v) is 7.12. The highest BCUT2D eigenvalue weighted by Crippen LogP contribution is 2.16. The minimum atomic E-state index is -4.67. The van der Waals surface area contributed by atoms with Crippen LogP contribution in [0.4, 0.5) is 0 Å². The molecule has 144 valence electrons. The van der Waals surface area contributed by atoms with Crippen LogP contribution >= 0.6 is 0 Å². The molecule has 0 aromatic heterocycles. The van der Waals surface area contributed by atoms with Gasteiger partial charge in [-0.3, -0.25) is 14.1 Å². The number of guanidine groups is 1. The van der Waals surface area contributed by atoms with Gasteiger partial charge < -0.3 is 16.1 Å². The number of benzene rings is 1. The Morgan fingerprint density at radius 2 is 1.76 bits per heavy atom. The van der Waals surface area contributed by atoms with Gasteiger partial charge in [0, 0.05) is 13.1 Å². The molecule has 6 N–H and O–H groups in total. The molecule has 0 radical (unpaired) electrons. The molecule has 1 aliphatic heterocycles. The minimum Gasteiger partial charge on any atom is -0.412 e. The molecule has 1 heterocycles. The fraction of sp³-hybridized carbons (Fsp3) is 0.562. The van der Waals surface area contributed by atoms with Crippen LogP contribution in [-0.2, 0) is 16.8 Å². The van der Waals surface area contributed by atoms with Gasteiger partial charge in [0.1, 0.15) is 0 Å². The maximum Gasteiger partial charge on any atom is 0.394 e. The first-order valence-electron chi connectivity index (χ1n) is 7.96. The van der Waals surface area contributed by atoms with Crippen molar-refractivity contribution in [1.29, 1.82) is 0 Å². The summed E-state index contributed by atoms with van der Waals surface area (Å²) in [6.07, 6.45) is 1.16. The summed E-state index contributed by atoms with van der Waals surface area (Å²) in [4.78, 5) is 4.34. The summed E-state index contributed by atoms with van der Waals surface area (Å²) in [6, 6.07) is 9.04. The van der Waals surface area contributed by atoms with Crippen molar-refractivity contribution >= 4 is 16.4 Å². The fourth-order valence-electron chi connectivity index (χ4n) is 2.34. The van der Waals surface area contributed by atoms with Crippen LogP contribution in [0, 0.1) is 5.92 Å². The molecule has 1 aromatic rings. The number of hydrogen-bond donors (Lipinski definition) is 4. The van der Waals surface area contributed by atoms with Crippen molar-refractivity contribution in [2.75, 3.05) is 19.6 Å². The van der Waals surface area contributed by atoms with E-state index in [0.29, 0.717) is 5.92 Å². The van der Waals surface area contributed by atoms with Gasteiger partial charge in [-0.05, 0) is 29.4 Å². The monoisotopic (exact) mass is 375 g/mol. The largest absolute Gasteiger partial charge is 0.412 e. The average Bonchev–Trinajstić information content (AvgIpc) is 2.96. The zero-order valence-corrected chi connectivity index (χ0v) is 15.7. The molecule has 0 aliphatic carbocycles. The average molecular weight is 375 g/mol. The summed E-state index contributed by atoms with van der Waals surface area (Å²) < 4.78 is 31.6. The van der Waals surface area contributed by atoms with Crippen LogP contribution in [0.1, 0.15) is 37.8 Å². The molecule has 1 atom stereocenters. The smallest absolute Gasteiger partial charge is 0.394 e. The topological polar surface area (TPSA) is 143 Å². The Morgan fingerprint density at radius 1 is 1.20 bits per heavy atom. The normalized spacial score (nSPS) is 14.6. The molecule has 0 spiro atoms. The summed E-state index contributed by atoms with van der Waals surface area (Å²) >= 11 is 0. The molecular formula is C16H29N3O5S. The van der Waals surface area contributed by atoms with Crippen LogP contribution in [-0.4, -0.2) is 48.6 Å². The zero-order valence-electron chi connectivity index (χ0n) is 14.9. The van der Waals surface area contributed by atoms with Crippen LogP contribution in [0.5, 0.6) is 0 Å². The fourth-order valence-corrected chi connectivity index (χ4v) is 2.34. The van der Waals surface area contributed by atoms with E-state index in [4.69, 9.17) is 17.5 Å². The second-order valence-electron chi connectivity index (χ2n) is 6.23. The van der Waals surface area contributed by atoms with Gasteiger partial charge in [-0.25, -0.2) is 0 Å². The number of aliphatic imine (C=N–C) groups is 1. The molecular weight excluding hydrogens is 346 g/mol. The third-order valence-corrected chi connectivity index (χ3v) is 3.44. The van der Waals surface area contributed by atoms with Crippen molar-refractivity contribution in [1.82, 2.24) is 10.6 Å². The molecule has 8 nitrogen and oxygen atoms in total. The zero-order chi connectivity index (χ0) is 18.2. The van der Waals surface area contributed by atoms with Crippen LogP contribution in [0.15, 0.2) is 29.3 Å². The molecule has 0 saturated heterocycles. The van der Waals surface area contributed by atoms with Crippen molar-refractivity contribution in [3.8, 4) is 0 Å². The summed E-state index contributed by atoms with van der Waals surface area (Å²) in [5.41, 5.74) is 2.82. The number of nitrogens with zero attached hydrogens (tertiary/aromatic N) is 1. The lowest BCUT2D eigenvalue weighted by atomic mass is 9.97. The molecule has 0 amide bonds. The first kappa shape index (κ1) is 23.3. The van der Waals surface area contributed by atoms with Crippen LogP contribution in [0.3, 0.4) is 0 Å². The highest BCUT2D eigenvalue weighted by Gasteiger charge is 2.09. The van der Waals surface area contributed by atoms with Gasteiger partial charge in [0.2, 0.25) is 0 Å². The van der Waals surface area contributed by atoms with Gasteiger partial charge in [0.15, 0.2) is 5.96 Å². The second kappa shape index (κ2) is 11.0. The SMILES string of the molecule is CC(C)Cc1ccc(C(C)CNC2=NCCN2)cc1.O.O=S(=O)(O)O. The van der Waals surface area contributed by atoms with Crippen molar-refractivity contribution in [2.24, 2.45) is 10.9 Å². The first-order valence-corrected chi connectivity index (χ1v) is 9.35. The molecule has 9 heteroatoms. The minimum absolute atomic E-state index is 0. The Labute approximate surface area is 149 Å². The Hall–Kier alpha value is -1.68. The third-order valence-electron chi connectivity index (χ3n) is 3.44. The van der Waals surface area contributed by atoms with Gasteiger partial charge in [-0.2, -0.15) is 8.42 Å². The number of rotatable bonds is 5. The van der Waals surface area contributed by atoms with E-state index >= 15 is 0 Å². The van der Waals surface area contributed by atoms with Crippen molar-refractivity contribution < 1.29 is 23.0 Å². The Balaban J connectivity index is 0.000000848. The van der Waals surface area contributed by atoms with E-state index in [1.165, 1.54) is 11.1 Å². The molecule has 0 saturated carbocycles. The van der Waals surface area contributed by atoms with E-state index in [9.17, 15) is 0 Å². The maximum absolute atomic E-state index is 8.74. The van der Waals surface area contributed by atoms with Gasteiger partial charge >= 0.3 is 10.4 Å². The van der Waals surface area contributed by atoms with E-state index in [0.717, 1.165) is 37.9 Å². The molecule has 1 aliphatic rings. The summed E-state index contributed by atoms with van der Waals surface area (Å²) in [5, 5.41) is 6.60. The lowest BCUT2D eigenvalue weighted by Crippen LogP contribution is -2.35. The van der Waals surface area contributed by atoms with Crippen molar-refractivity contribution in [2.45, 2.75) is 33.1 Å². The van der Waals surface area contributed by atoms with Gasteiger partial charge in [-0.1, -0.05) is 45.0 Å². The van der Waals surface area contributed by atoms with Crippen molar-refractivity contribution in [3.05, 3.63) is 35.4 Å². The molecule has 1 aromatic carbocycles. The van der Waals surface area contributed by atoms with Crippen LogP contribution in [0.25, 0.3) is 0 Å². The Morgan fingerprint density at radius 3 is 2.20 bits per heavy atom. The Kier molecular flexibility index (Phi) is 10.3. The lowest BCUT2D eigenvalue weighted by Gasteiger charge is -2.15. The molecule has 2 rings (SSSR count). The van der Waals surface area contributed by atoms with Crippen molar-refractivity contribution in [3.63, 3.8) is 0 Å². The molecule has 1 unspecified atom stereocenters. The summed E-state index contributed by atoms with van der Waals surface area (Å²) in [7, 11) is -4.67. The van der Waals surface area contributed by atoms with Crippen LogP contribution < -0.4 is 10.6 Å². The predicted octanol–water partition coefficient (Wildman–Crippen LogP) is 1.06. The number of hydrogen-bond acceptors (Lipinski definition) is 5. The first-order chi connectivity index (χ1) is 11.1. The predicted molar refractivity (Wildman–Crippen MR) is 99.5 cm³/mol. The summed E-state index contributed by atoms with van der Waals surface area (Å²) in [5.74, 6) is 2.16. The maximum atomic E-state index is 8.74. The van der Waals surface area contributed by atoms with Gasteiger partial charge in [0.25, 0.3) is 0 Å². The third kappa shape index (κ3) is 11.5. The van der Waals surface area contributed by atoms with E-state index in [1.54, 1.807) is 0 Å². The standard InChI is InChI=1S/C16H25N3.H2O4S.H2O/c1-12(2)10-14-4-6-15(7-5-14)13(3)11-19-16-17-8-9-18-16;1-5(2,3)4;/h4-7,12-13H,8-11H2,1-3H3,(H2,17,18,19);(H2,1,2,3,4);1H2. The summed E-state index contributed by atoms with van der Waals surface area (Å²) in [6.45, 7) is 9.54. The van der Waals surface area contributed by atoms with E-state index in [1.807, 2.05) is 0 Å². The van der Waals surface area contributed by atoms with E-state index in [-0.39, 0.29) is 5.48 Å². The van der Waals surface area contributed by atoms with Gasteiger partial charge in [-0.15, -0.1) is 0 Å². The quantitative estimate of drug-likeness (QED) is 0.567. The Bertz CT molecular complexity index is 622. The molecule has 0 bridgehead atoms. The molecule has 25 heavy (non-hydrogen) atoms. The molecule has 0 fully saturated rings. The van der Waals surface area contributed by atoms with E-state index in [2.05, 4.69) is 60.7 Å². The van der Waals surface area contributed by atoms with Crippen LogP contribution in [0.2, 0.25) is 0 Å². The van der Waals surface area contributed by atoms with E-state index < -0.39 is 10.4 Å². The highest BCUT2D eigenvalue weighted by atomic mass is 32.3. The highest BCUT2D eigenvalue weighted by molar-refractivity contribution is 7.79. The lowest BCUT2D eigenvalue weighted by molar-refractivity contribution is 0.381. The van der Waals surface area contributed by atoms with Gasteiger partial charge in [0.05, 0.1) is 6.54 Å². The number of nitrogens with one attached hydrogen (secondary N) is 2.